The van der Waals surface area contributed by atoms with Crippen LogP contribution in [0.4, 0.5) is 11.4 Å². The number of nitrogens with two attached hydrogens (primary N) is 1. The molecule has 7 nitrogen and oxygen atoms in total. The van der Waals surface area contributed by atoms with Crippen LogP contribution in [-0.2, 0) is 11.2 Å². The molecule has 3 N–H and O–H groups in total. The second-order valence-corrected chi connectivity index (χ2v) is 7.14. The third-order valence-electron chi connectivity index (χ3n) is 5.06. The van der Waals surface area contributed by atoms with E-state index in [1.807, 2.05) is 24.3 Å². The first-order chi connectivity index (χ1) is 15.0. The first-order valence-electron chi connectivity index (χ1n) is 9.83. The zero-order chi connectivity index (χ0) is 21.8. The molecule has 3 amide bonds. The van der Waals surface area contributed by atoms with Crippen LogP contribution in [0.1, 0.15) is 26.3 Å². The molecule has 0 atom stereocenters. The number of fused-ring (bicyclic) bond motifs is 1. The van der Waals surface area contributed by atoms with Crippen LogP contribution >= 0.6 is 0 Å². The number of nitrogens with one attached hydrogen (secondary N) is 1. The Labute approximate surface area is 179 Å². The van der Waals surface area contributed by atoms with Gasteiger partial charge in [0.2, 0.25) is 5.91 Å². The zero-order valence-corrected chi connectivity index (χ0v) is 16.7. The first-order valence-corrected chi connectivity index (χ1v) is 9.83. The highest BCUT2D eigenvalue weighted by atomic mass is 16.5. The van der Waals surface area contributed by atoms with E-state index in [2.05, 4.69) is 5.32 Å². The summed E-state index contributed by atoms with van der Waals surface area (Å²) in [5.41, 5.74) is 8.80. The third-order valence-corrected chi connectivity index (χ3v) is 5.06. The van der Waals surface area contributed by atoms with Crippen LogP contribution in [-0.4, -0.2) is 30.9 Å². The second-order valence-electron chi connectivity index (χ2n) is 7.14. The van der Waals surface area contributed by atoms with E-state index in [0.29, 0.717) is 29.1 Å². The summed E-state index contributed by atoms with van der Waals surface area (Å²) in [7, 11) is 0. The number of para-hydroxylation sites is 1. The molecule has 0 radical (unpaired) electrons. The van der Waals surface area contributed by atoms with E-state index in [1.54, 1.807) is 41.3 Å². The molecule has 0 aliphatic carbocycles. The Morgan fingerprint density at radius 3 is 2.29 bits per heavy atom. The van der Waals surface area contributed by atoms with E-state index in [1.165, 1.54) is 17.7 Å². The summed E-state index contributed by atoms with van der Waals surface area (Å²) in [5, 5.41) is 2.73. The van der Waals surface area contributed by atoms with E-state index >= 15 is 0 Å². The fourth-order valence-electron chi connectivity index (χ4n) is 3.46. The van der Waals surface area contributed by atoms with E-state index in [4.69, 9.17) is 10.5 Å². The summed E-state index contributed by atoms with van der Waals surface area (Å²) in [6.07, 6.45) is 0.849. The van der Waals surface area contributed by atoms with Gasteiger partial charge in [-0.1, -0.05) is 18.2 Å². The van der Waals surface area contributed by atoms with Crippen LogP contribution < -0.4 is 20.7 Å². The SMILES string of the molecule is NC(=O)c1ccc(OCC(=O)Nc2ccc(C(=O)N3CCc4ccccc43)cc2)cc1. The van der Waals surface area contributed by atoms with Gasteiger partial charge in [-0.15, -0.1) is 0 Å². The summed E-state index contributed by atoms with van der Waals surface area (Å²) in [4.78, 5) is 37.8. The molecule has 0 fully saturated rings. The average molecular weight is 415 g/mol. The molecule has 0 aromatic heterocycles. The van der Waals surface area contributed by atoms with Gasteiger partial charge < -0.3 is 20.7 Å². The Balaban J connectivity index is 1.32. The predicted molar refractivity (Wildman–Crippen MR) is 117 cm³/mol. The fourth-order valence-corrected chi connectivity index (χ4v) is 3.46. The van der Waals surface area contributed by atoms with Crippen LogP contribution in [0.5, 0.6) is 5.75 Å². The largest absolute Gasteiger partial charge is 0.484 e. The van der Waals surface area contributed by atoms with E-state index in [0.717, 1.165) is 12.1 Å². The number of benzene rings is 3. The minimum Gasteiger partial charge on any atom is -0.484 e. The summed E-state index contributed by atoms with van der Waals surface area (Å²) in [6, 6.07) is 20.9. The molecule has 3 aromatic rings. The van der Waals surface area contributed by atoms with Gasteiger partial charge in [-0.3, -0.25) is 14.4 Å². The summed E-state index contributed by atoms with van der Waals surface area (Å²) in [5.74, 6) is -0.482. The van der Waals surface area contributed by atoms with E-state index in [-0.39, 0.29) is 18.4 Å². The highest BCUT2D eigenvalue weighted by Crippen LogP contribution is 2.29. The quantitative estimate of drug-likeness (QED) is 0.646. The van der Waals surface area contributed by atoms with Crippen molar-refractivity contribution in [3.8, 4) is 5.75 Å². The maximum atomic E-state index is 12.9. The molecule has 0 saturated heterocycles. The van der Waals surface area contributed by atoms with Crippen LogP contribution in [0.25, 0.3) is 0 Å². The molecular weight excluding hydrogens is 394 g/mol. The number of anilines is 2. The van der Waals surface area contributed by atoms with Crippen LogP contribution in [0.3, 0.4) is 0 Å². The first kappa shape index (κ1) is 20.2. The molecule has 3 aromatic carbocycles. The van der Waals surface area contributed by atoms with Crippen LogP contribution in [0.15, 0.2) is 72.8 Å². The standard InChI is InChI=1S/C24H21N3O4/c25-23(29)17-7-11-20(12-8-17)31-15-22(28)26-19-9-5-18(6-10-19)24(30)27-14-13-16-3-1-2-4-21(16)27/h1-12H,13-15H2,(H2,25,29)(H,26,28). The summed E-state index contributed by atoms with van der Waals surface area (Å²) < 4.78 is 5.41. The molecule has 0 unspecified atom stereocenters. The van der Waals surface area contributed by atoms with Gasteiger partial charge in [0.05, 0.1) is 0 Å². The molecule has 1 aliphatic rings. The van der Waals surface area contributed by atoms with Gasteiger partial charge in [-0.05, 0) is 66.6 Å². The molecular formula is C24H21N3O4. The smallest absolute Gasteiger partial charge is 0.262 e. The Bertz CT molecular complexity index is 1120. The number of carbonyl (C=O) groups is 3. The van der Waals surface area contributed by atoms with Gasteiger partial charge in [0, 0.05) is 29.0 Å². The number of amides is 3. The minimum absolute atomic E-state index is 0.0643. The van der Waals surface area contributed by atoms with Crippen molar-refractivity contribution in [1.82, 2.24) is 0 Å². The van der Waals surface area contributed by atoms with E-state index in [9.17, 15) is 14.4 Å². The van der Waals surface area contributed by atoms with E-state index < -0.39 is 5.91 Å². The highest BCUT2D eigenvalue weighted by molar-refractivity contribution is 6.07. The normalized spacial score (nSPS) is 12.2. The highest BCUT2D eigenvalue weighted by Gasteiger charge is 2.25. The van der Waals surface area contributed by atoms with Gasteiger partial charge in [-0.2, -0.15) is 0 Å². The Morgan fingerprint density at radius 1 is 0.903 bits per heavy atom. The van der Waals surface area contributed by atoms with Gasteiger partial charge >= 0.3 is 0 Å². The molecule has 0 bridgehead atoms. The molecule has 1 aliphatic heterocycles. The Morgan fingerprint density at radius 2 is 1.58 bits per heavy atom. The maximum Gasteiger partial charge on any atom is 0.262 e. The van der Waals surface area contributed by atoms with Crippen molar-refractivity contribution in [2.75, 3.05) is 23.4 Å². The Hall–Kier alpha value is -4.13. The van der Waals surface area contributed by atoms with Crippen molar-refractivity contribution < 1.29 is 19.1 Å². The number of ether oxygens (including phenoxy) is 1. The fraction of sp³-hybridized carbons (Fsp3) is 0.125. The minimum atomic E-state index is -0.528. The van der Waals surface area contributed by atoms with Gasteiger partial charge in [-0.25, -0.2) is 0 Å². The second kappa shape index (κ2) is 8.71. The van der Waals surface area contributed by atoms with Crippen molar-refractivity contribution in [1.29, 1.82) is 0 Å². The van der Waals surface area contributed by atoms with Gasteiger partial charge in [0.25, 0.3) is 11.8 Å². The van der Waals surface area contributed by atoms with Crippen molar-refractivity contribution in [2.24, 2.45) is 5.73 Å². The lowest BCUT2D eigenvalue weighted by atomic mass is 10.1. The average Bonchev–Trinajstić information content (AvgIpc) is 3.22. The van der Waals surface area contributed by atoms with Gasteiger partial charge in [0.1, 0.15) is 5.75 Å². The number of rotatable bonds is 6. The lowest BCUT2D eigenvalue weighted by molar-refractivity contribution is -0.118. The van der Waals surface area contributed by atoms with Crippen LogP contribution in [0, 0.1) is 0 Å². The number of hydrogen-bond acceptors (Lipinski definition) is 4. The number of hydrogen-bond donors (Lipinski definition) is 2. The summed E-state index contributed by atoms with van der Waals surface area (Å²) >= 11 is 0. The van der Waals surface area contributed by atoms with Gasteiger partial charge in [0.15, 0.2) is 6.61 Å². The number of nitrogens with zero attached hydrogens (tertiary/aromatic N) is 1. The number of carbonyl (C=O) groups excluding carboxylic acids is 3. The molecule has 0 spiro atoms. The Kier molecular flexibility index (Phi) is 5.66. The molecule has 7 heteroatoms. The van der Waals surface area contributed by atoms with Crippen LogP contribution in [0.2, 0.25) is 0 Å². The topological polar surface area (TPSA) is 102 Å². The van der Waals surface area contributed by atoms with Crippen molar-refractivity contribution in [2.45, 2.75) is 6.42 Å². The van der Waals surface area contributed by atoms with Crippen molar-refractivity contribution in [3.63, 3.8) is 0 Å². The molecule has 156 valence electrons. The van der Waals surface area contributed by atoms with Crippen molar-refractivity contribution in [3.05, 3.63) is 89.5 Å². The molecule has 1 heterocycles. The third kappa shape index (κ3) is 4.56. The number of primary amides is 1. The predicted octanol–water partition coefficient (Wildman–Crippen LogP) is 3.01. The monoisotopic (exact) mass is 415 g/mol. The molecule has 31 heavy (non-hydrogen) atoms. The maximum absolute atomic E-state index is 12.9. The lowest BCUT2D eigenvalue weighted by Crippen LogP contribution is -2.28. The zero-order valence-electron chi connectivity index (χ0n) is 16.7. The lowest BCUT2D eigenvalue weighted by Gasteiger charge is -2.17. The molecule has 0 saturated carbocycles. The molecule has 4 rings (SSSR count). The summed E-state index contributed by atoms with van der Waals surface area (Å²) in [6.45, 7) is 0.468. The van der Waals surface area contributed by atoms with Crippen molar-refractivity contribution >= 4 is 29.1 Å².